The summed E-state index contributed by atoms with van der Waals surface area (Å²) < 4.78 is 0. The Labute approximate surface area is 48.6 Å². The second kappa shape index (κ2) is 3.74. The van der Waals surface area contributed by atoms with Crippen molar-refractivity contribution in [1.29, 1.82) is 0 Å². The Morgan fingerprint density at radius 2 is 2.43 bits per heavy atom. The van der Waals surface area contributed by atoms with E-state index in [4.69, 9.17) is 0 Å². The predicted molar refractivity (Wildman–Crippen MR) is 35.8 cm³/mol. The number of nitrogens with one attached hydrogen (secondary N) is 1. The number of hydrogen-bond donors (Lipinski definition) is 1. The molecule has 0 aliphatic heterocycles. The van der Waals surface area contributed by atoms with Crippen molar-refractivity contribution in [2.75, 3.05) is 7.05 Å². The second-order valence-electron chi connectivity index (χ2n) is 1.09. The van der Waals surface area contributed by atoms with Crippen LogP contribution in [-0.2, 0) is 0 Å². The summed E-state index contributed by atoms with van der Waals surface area (Å²) in [5.74, 6) is 0. The molecule has 0 spiro atoms. The van der Waals surface area contributed by atoms with E-state index in [2.05, 4.69) is 22.7 Å². The largest absolute Gasteiger partial charge is 0.313 e. The minimum atomic E-state index is 0.786. The summed E-state index contributed by atoms with van der Waals surface area (Å²) in [5, 5.41) is 3.66. The van der Waals surface area contributed by atoms with Crippen LogP contribution in [0.1, 0.15) is 6.92 Å². The molecule has 0 aromatic heterocycles. The summed E-state index contributed by atoms with van der Waals surface area (Å²) >= 11 is 4.67. The van der Waals surface area contributed by atoms with Gasteiger partial charge in [0.05, 0.1) is 6.21 Å². The Hall–Kier alpha value is -0.440. The fraction of sp³-hybridized carbons (Fsp3) is 0.500. The van der Waals surface area contributed by atoms with Crippen molar-refractivity contribution >= 4 is 23.3 Å². The van der Waals surface area contributed by atoms with Gasteiger partial charge in [0.1, 0.15) is 0 Å². The Balaban J connectivity index is 3.26. The average molecular weight is 116 g/mol. The third kappa shape index (κ3) is 5.56. The lowest BCUT2D eigenvalue weighted by Crippen LogP contribution is -1.97. The first-order valence-corrected chi connectivity index (χ1v) is 2.38. The molecule has 0 fully saturated rings. The van der Waals surface area contributed by atoms with E-state index >= 15 is 0 Å². The van der Waals surface area contributed by atoms with Gasteiger partial charge in [-0.3, -0.25) is 0 Å². The van der Waals surface area contributed by atoms with Crippen LogP contribution >= 0.6 is 12.2 Å². The zero-order chi connectivity index (χ0) is 5.70. The molecule has 0 rings (SSSR count). The highest BCUT2D eigenvalue weighted by atomic mass is 32.1. The predicted octanol–water partition coefficient (Wildman–Crippen LogP) is 0.581. The molecular formula is C4H8N2S. The minimum Gasteiger partial charge on any atom is -0.313 e. The van der Waals surface area contributed by atoms with Crippen molar-refractivity contribution in [3.63, 3.8) is 0 Å². The molecule has 0 radical (unpaired) electrons. The number of hydrazone groups is 1. The summed E-state index contributed by atoms with van der Waals surface area (Å²) in [6.45, 7) is 1.82. The fourth-order valence-electron chi connectivity index (χ4n) is 0.155. The Morgan fingerprint density at radius 3 is 2.57 bits per heavy atom. The first kappa shape index (κ1) is 6.56. The molecule has 1 N–H and O–H groups in total. The van der Waals surface area contributed by atoms with Gasteiger partial charge in [-0.1, -0.05) is 12.2 Å². The van der Waals surface area contributed by atoms with E-state index in [1.165, 1.54) is 0 Å². The normalized spacial score (nSPS) is 9.43. The van der Waals surface area contributed by atoms with Crippen molar-refractivity contribution in [3.05, 3.63) is 0 Å². The summed E-state index contributed by atoms with van der Waals surface area (Å²) in [5.41, 5.74) is 2.58. The quantitative estimate of drug-likeness (QED) is 0.324. The molecule has 0 aromatic carbocycles. The lowest BCUT2D eigenvalue weighted by Gasteiger charge is -1.81. The van der Waals surface area contributed by atoms with Crippen molar-refractivity contribution in [1.82, 2.24) is 5.43 Å². The maximum Gasteiger partial charge on any atom is 0.0604 e. The zero-order valence-electron chi connectivity index (χ0n) is 4.43. The molecule has 0 bridgehead atoms. The maximum atomic E-state index is 4.67. The van der Waals surface area contributed by atoms with Gasteiger partial charge in [-0.2, -0.15) is 5.10 Å². The molecule has 3 heteroatoms. The van der Waals surface area contributed by atoms with Crippen LogP contribution in [0.4, 0.5) is 0 Å². The topological polar surface area (TPSA) is 24.4 Å². The summed E-state index contributed by atoms with van der Waals surface area (Å²) in [7, 11) is 1.73. The van der Waals surface area contributed by atoms with Crippen molar-refractivity contribution in [2.45, 2.75) is 6.92 Å². The van der Waals surface area contributed by atoms with Crippen LogP contribution in [-0.4, -0.2) is 18.1 Å². The van der Waals surface area contributed by atoms with Crippen LogP contribution in [0.3, 0.4) is 0 Å². The van der Waals surface area contributed by atoms with Crippen LogP contribution in [0.5, 0.6) is 0 Å². The van der Waals surface area contributed by atoms with E-state index in [0.29, 0.717) is 0 Å². The van der Waals surface area contributed by atoms with Gasteiger partial charge in [-0.25, -0.2) is 0 Å². The summed E-state index contributed by atoms with van der Waals surface area (Å²) in [4.78, 5) is 0.786. The molecule has 0 aromatic rings. The van der Waals surface area contributed by atoms with Crippen LogP contribution in [0.25, 0.3) is 0 Å². The van der Waals surface area contributed by atoms with Crippen molar-refractivity contribution in [3.8, 4) is 0 Å². The second-order valence-corrected chi connectivity index (χ2v) is 1.74. The third-order valence-corrected chi connectivity index (χ3v) is 0.481. The van der Waals surface area contributed by atoms with E-state index in [0.717, 1.165) is 4.86 Å². The third-order valence-electron chi connectivity index (χ3n) is 0.375. The van der Waals surface area contributed by atoms with E-state index in [1.54, 1.807) is 13.3 Å². The lowest BCUT2D eigenvalue weighted by molar-refractivity contribution is 0.910. The lowest BCUT2D eigenvalue weighted by atomic mass is 10.5. The van der Waals surface area contributed by atoms with Gasteiger partial charge in [0.2, 0.25) is 0 Å². The number of hydrogen-bond acceptors (Lipinski definition) is 3. The highest BCUT2D eigenvalue weighted by Gasteiger charge is 1.71. The van der Waals surface area contributed by atoms with E-state index < -0.39 is 0 Å². The molecule has 0 heterocycles. The SMILES string of the molecule is CN/N=C/C(C)=S. The van der Waals surface area contributed by atoms with Crippen LogP contribution in [0.2, 0.25) is 0 Å². The monoisotopic (exact) mass is 116 g/mol. The number of nitrogens with zero attached hydrogens (tertiary/aromatic N) is 1. The van der Waals surface area contributed by atoms with Crippen molar-refractivity contribution < 1.29 is 0 Å². The zero-order valence-corrected chi connectivity index (χ0v) is 5.25. The van der Waals surface area contributed by atoms with E-state index in [1.807, 2.05) is 6.92 Å². The fourth-order valence-corrected chi connectivity index (χ4v) is 0.208. The molecule has 0 aliphatic rings. The first-order valence-electron chi connectivity index (χ1n) is 1.97. The molecule has 0 saturated carbocycles. The standard InChI is InChI=1S/C4H8N2S/c1-4(7)3-6-5-2/h3,5H,1-2H3/b6-3+. The van der Waals surface area contributed by atoms with Crippen LogP contribution in [0.15, 0.2) is 5.10 Å². The number of thiocarbonyl (C=S) groups is 1. The molecule has 0 unspecified atom stereocenters. The molecule has 7 heavy (non-hydrogen) atoms. The Morgan fingerprint density at radius 1 is 1.86 bits per heavy atom. The maximum absolute atomic E-state index is 4.67. The average Bonchev–Trinajstić information content (AvgIpc) is 1.61. The van der Waals surface area contributed by atoms with Gasteiger partial charge in [-0.05, 0) is 6.92 Å². The number of rotatable bonds is 2. The molecule has 0 saturated heterocycles. The smallest absolute Gasteiger partial charge is 0.0604 e. The molecule has 40 valence electrons. The highest BCUT2D eigenvalue weighted by molar-refractivity contribution is 7.81. The summed E-state index contributed by atoms with van der Waals surface area (Å²) in [6.07, 6.45) is 1.59. The Bertz CT molecular complexity index is 87.7. The summed E-state index contributed by atoms with van der Waals surface area (Å²) in [6, 6.07) is 0. The van der Waals surface area contributed by atoms with Crippen LogP contribution < -0.4 is 5.43 Å². The Kier molecular flexibility index (Phi) is 3.50. The van der Waals surface area contributed by atoms with E-state index in [9.17, 15) is 0 Å². The van der Waals surface area contributed by atoms with E-state index in [-0.39, 0.29) is 0 Å². The van der Waals surface area contributed by atoms with Gasteiger partial charge < -0.3 is 5.43 Å². The highest BCUT2D eigenvalue weighted by Crippen LogP contribution is 1.64. The molecular weight excluding hydrogens is 108 g/mol. The molecule has 0 amide bonds. The van der Waals surface area contributed by atoms with Gasteiger partial charge in [0.15, 0.2) is 0 Å². The molecule has 0 atom stereocenters. The van der Waals surface area contributed by atoms with Gasteiger partial charge in [-0.15, -0.1) is 0 Å². The molecule has 0 aliphatic carbocycles. The minimum absolute atomic E-state index is 0.786. The van der Waals surface area contributed by atoms with Gasteiger partial charge >= 0.3 is 0 Å². The molecule has 2 nitrogen and oxygen atoms in total. The van der Waals surface area contributed by atoms with Gasteiger partial charge in [0, 0.05) is 11.9 Å². The van der Waals surface area contributed by atoms with Gasteiger partial charge in [0.25, 0.3) is 0 Å². The first-order chi connectivity index (χ1) is 3.27. The van der Waals surface area contributed by atoms with Crippen molar-refractivity contribution in [2.24, 2.45) is 5.10 Å². The van der Waals surface area contributed by atoms with Crippen LogP contribution in [0, 0.1) is 0 Å².